The molecule has 2 N–H and O–H groups in total. The van der Waals surface area contributed by atoms with Crippen LogP contribution >= 0.6 is 0 Å². The van der Waals surface area contributed by atoms with E-state index in [0.717, 1.165) is 38.2 Å². The van der Waals surface area contributed by atoms with Gasteiger partial charge in [-0.15, -0.1) is 0 Å². The smallest absolute Gasteiger partial charge is 0.0950 e. The van der Waals surface area contributed by atoms with Gasteiger partial charge in [0.05, 0.1) is 31.8 Å². The zero-order valence-electron chi connectivity index (χ0n) is 10.6. The topological polar surface area (TPSA) is 59.3 Å². The zero-order valence-corrected chi connectivity index (χ0v) is 10.6. The van der Waals surface area contributed by atoms with Crippen LogP contribution < -0.4 is 5.32 Å². The van der Waals surface area contributed by atoms with Crippen LogP contribution in [0.5, 0.6) is 0 Å². The van der Waals surface area contributed by atoms with Crippen LogP contribution in [0.4, 0.5) is 0 Å². The number of aliphatic hydroxyl groups is 1. The van der Waals surface area contributed by atoms with Crippen LogP contribution in [-0.4, -0.2) is 47.6 Å². The average molecular weight is 241 g/mol. The number of ether oxygens (including phenoxy) is 1. The van der Waals surface area contributed by atoms with Crippen LogP contribution in [0, 0.1) is 0 Å². The van der Waals surface area contributed by atoms with E-state index in [1.165, 1.54) is 0 Å². The Labute approximate surface area is 103 Å². The molecule has 0 saturated heterocycles. The van der Waals surface area contributed by atoms with Gasteiger partial charge in [0.2, 0.25) is 0 Å². The number of nitrogens with one attached hydrogen (secondary N) is 1. The fourth-order valence-corrected chi connectivity index (χ4v) is 1.51. The number of hydrogen-bond donors (Lipinski definition) is 2. The maximum atomic E-state index is 8.56. The molecule has 0 unspecified atom stereocenters. The van der Waals surface area contributed by atoms with Crippen molar-refractivity contribution in [3.63, 3.8) is 0 Å². The van der Waals surface area contributed by atoms with E-state index >= 15 is 0 Å². The van der Waals surface area contributed by atoms with Gasteiger partial charge in [-0.2, -0.15) is 0 Å². The summed E-state index contributed by atoms with van der Waals surface area (Å²) in [5.41, 5.74) is 1.11. The summed E-state index contributed by atoms with van der Waals surface area (Å²) in [6, 6.07) is 0. The van der Waals surface area contributed by atoms with Crippen molar-refractivity contribution in [2.45, 2.75) is 26.3 Å². The Morgan fingerprint density at radius 3 is 3.06 bits per heavy atom. The molecule has 0 saturated carbocycles. The minimum absolute atomic E-state index is 0.0816. The molecular weight excluding hydrogens is 218 g/mol. The molecule has 0 aliphatic rings. The first kappa shape index (κ1) is 14.2. The second-order valence-corrected chi connectivity index (χ2v) is 3.94. The molecule has 0 bridgehead atoms. The SMILES string of the molecule is CCCNCCc1cn(CCOCCO)cn1. The standard InChI is InChI=1S/C12H23N3O2/c1-2-4-13-5-3-12-10-15(11-14-12)6-8-17-9-7-16/h10-11,13,16H,2-9H2,1H3. The van der Waals surface area contributed by atoms with Crippen molar-refractivity contribution in [2.75, 3.05) is 32.9 Å². The molecule has 98 valence electrons. The number of rotatable bonds is 10. The van der Waals surface area contributed by atoms with Crippen LogP contribution in [0.2, 0.25) is 0 Å². The minimum Gasteiger partial charge on any atom is -0.394 e. The van der Waals surface area contributed by atoms with Gasteiger partial charge >= 0.3 is 0 Å². The van der Waals surface area contributed by atoms with Gasteiger partial charge in [0, 0.05) is 25.7 Å². The summed E-state index contributed by atoms with van der Waals surface area (Å²) in [7, 11) is 0. The monoisotopic (exact) mass is 241 g/mol. The Balaban J connectivity index is 2.14. The van der Waals surface area contributed by atoms with E-state index in [4.69, 9.17) is 9.84 Å². The van der Waals surface area contributed by atoms with Crippen LogP contribution in [0.1, 0.15) is 19.0 Å². The molecule has 0 aliphatic carbocycles. The van der Waals surface area contributed by atoms with Gasteiger partial charge in [-0.05, 0) is 13.0 Å². The molecule has 1 aromatic rings. The van der Waals surface area contributed by atoms with Gasteiger partial charge in [-0.1, -0.05) is 6.92 Å². The lowest BCUT2D eigenvalue weighted by Crippen LogP contribution is -2.17. The van der Waals surface area contributed by atoms with E-state index in [1.54, 1.807) is 0 Å². The van der Waals surface area contributed by atoms with Crippen molar-refractivity contribution in [1.29, 1.82) is 0 Å². The van der Waals surface area contributed by atoms with Crippen LogP contribution in [0.25, 0.3) is 0 Å². The van der Waals surface area contributed by atoms with Crippen molar-refractivity contribution in [1.82, 2.24) is 14.9 Å². The summed E-state index contributed by atoms with van der Waals surface area (Å²) in [4.78, 5) is 4.33. The first-order valence-corrected chi connectivity index (χ1v) is 6.26. The van der Waals surface area contributed by atoms with E-state index in [0.29, 0.717) is 13.2 Å². The number of aromatic nitrogens is 2. The van der Waals surface area contributed by atoms with Crippen LogP contribution in [0.3, 0.4) is 0 Å². The lowest BCUT2D eigenvalue weighted by Gasteiger charge is -2.02. The number of imidazole rings is 1. The highest BCUT2D eigenvalue weighted by Gasteiger charge is 1.98. The molecule has 0 atom stereocenters. The normalized spacial score (nSPS) is 10.9. The summed E-state index contributed by atoms with van der Waals surface area (Å²) in [6.45, 7) is 6.09. The maximum absolute atomic E-state index is 8.56. The highest BCUT2D eigenvalue weighted by molar-refractivity contribution is 4.97. The summed E-state index contributed by atoms with van der Waals surface area (Å²) in [6.07, 6.45) is 6.01. The summed E-state index contributed by atoms with van der Waals surface area (Å²) < 4.78 is 7.22. The third kappa shape index (κ3) is 6.41. The van der Waals surface area contributed by atoms with Crippen molar-refractivity contribution < 1.29 is 9.84 Å². The first-order valence-electron chi connectivity index (χ1n) is 6.26. The Bertz CT molecular complexity index is 263. The molecule has 0 aliphatic heterocycles. The number of nitrogens with zero attached hydrogens (tertiary/aromatic N) is 2. The summed E-state index contributed by atoms with van der Waals surface area (Å²) in [5, 5.41) is 11.9. The molecule has 1 heterocycles. The second kappa shape index (κ2) is 9.15. The van der Waals surface area contributed by atoms with Crippen molar-refractivity contribution in [3.05, 3.63) is 18.2 Å². The molecule has 17 heavy (non-hydrogen) atoms. The molecule has 5 heteroatoms. The van der Waals surface area contributed by atoms with Gasteiger partial charge < -0.3 is 19.7 Å². The summed E-state index contributed by atoms with van der Waals surface area (Å²) >= 11 is 0. The highest BCUT2D eigenvalue weighted by atomic mass is 16.5. The van der Waals surface area contributed by atoms with E-state index in [-0.39, 0.29) is 6.61 Å². The molecule has 0 radical (unpaired) electrons. The molecule has 0 amide bonds. The molecule has 1 aromatic heterocycles. The molecule has 5 nitrogen and oxygen atoms in total. The van der Waals surface area contributed by atoms with E-state index in [2.05, 4.69) is 23.4 Å². The van der Waals surface area contributed by atoms with E-state index in [1.807, 2.05) is 10.9 Å². The molecular formula is C12H23N3O2. The van der Waals surface area contributed by atoms with E-state index < -0.39 is 0 Å². The number of aliphatic hydroxyl groups excluding tert-OH is 1. The van der Waals surface area contributed by atoms with Gasteiger partial charge in [0.25, 0.3) is 0 Å². The maximum Gasteiger partial charge on any atom is 0.0950 e. The minimum atomic E-state index is 0.0816. The Hall–Kier alpha value is -0.910. The van der Waals surface area contributed by atoms with Crippen LogP contribution in [0.15, 0.2) is 12.5 Å². The van der Waals surface area contributed by atoms with Gasteiger partial charge in [0.1, 0.15) is 0 Å². The Kier molecular flexibility index (Phi) is 7.62. The fourth-order valence-electron chi connectivity index (χ4n) is 1.51. The highest BCUT2D eigenvalue weighted by Crippen LogP contribution is 1.97. The average Bonchev–Trinajstić information content (AvgIpc) is 2.78. The second-order valence-electron chi connectivity index (χ2n) is 3.94. The molecule has 0 spiro atoms. The predicted octanol–water partition coefficient (Wildman–Crippen LogP) is 0.434. The third-order valence-corrected chi connectivity index (χ3v) is 2.40. The third-order valence-electron chi connectivity index (χ3n) is 2.40. The van der Waals surface area contributed by atoms with Gasteiger partial charge in [-0.25, -0.2) is 4.98 Å². The lowest BCUT2D eigenvalue weighted by atomic mass is 10.3. The van der Waals surface area contributed by atoms with Crippen LogP contribution in [-0.2, 0) is 17.7 Å². The van der Waals surface area contributed by atoms with Gasteiger partial charge in [0.15, 0.2) is 0 Å². The largest absolute Gasteiger partial charge is 0.394 e. The molecule has 0 aromatic carbocycles. The van der Waals surface area contributed by atoms with Crippen molar-refractivity contribution in [3.8, 4) is 0 Å². The quantitative estimate of drug-likeness (QED) is 0.583. The van der Waals surface area contributed by atoms with Crippen molar-refractivity contribution in [2.24, 2.45) is 0 Å². The molecule has 0 fully saturated rings. The molecule has 1 rings (SSSR count). The Morgan fingerprint density at radius 2 is 2.29 bits per heavy atom. The van der Waals surface area contributed by atoms with Crippen molar-refractivity contribution >= 4 is 0 Å². The fraction of sp³-hybridized carbons (Fsp3) is 0.750. The van der Waals surface area contributed by atoms with E-state index in [9.17, 15) is 0 Å². The number of hydrogen-bond acceptors (Lipinski definition) is 4. The first-order chi connectivity index (χ1) is 8.36. The Morgan fingerprint density at radius 1 is 1.41 bits per heavy atom. The lowest BCUT2D eigenvalue weighted by molar-refractivity contribution is 0.0870. The predicted molar refractivity (Wildman–Crippen MR) is 67.0 cm³/mol. The van der Waals surface area contributed by atoms with Gasteiger partial charge in [-0.3, -0.25) is 0 Å². The zero-order chi connectivity index (χ0) is 12.3. The summed E-state index contributed by atoms with van der Waals surface area (Å²) in [5.74, 6) is 0.